The Morgan fingerprint density at radius 1 is 0.435 bits per heavy atom. The predicted octanol–water partition coefficient (Wildman–Crippen LogP) is 11.4. The van der Waals surface area contributed by atoms with Crippen LogP contribution < -0.4 is 0 Å². The van der Waals surface area contributed by atoms with Gasteiger partial charge in [0.15, 0.2) is 5.82 Å². The Bertz CT molecular complexity index is 2980. The van der Waals surface area contributed by atoms with E-state index in [0.29, 0.717) is 0 Å². The number of fused-ring (bicyclic) bond motifs is 15. The van der Waals surface area contributed by atoms with Crippen molar-refractivity contribution in [2.75, 3.05) is 0 Å². The van der Waals surface area contributed by atoms with Crippen LogP contribution in [0.15, 0.2) is 134 Å². The van der Waals surface area contributed by atoms with Crippen LogP contribution in [0.5, 0.6) is 0 Å². The lowest BCUT2D eigenvalue weighted by molar-refractivity contribution is 1.08. The SMILES string of the molecule is c1ccc(-n2c3ccccc3c3c4sc5c(-n6c7ccccc7c7ccccc76)ncnc5c4c4c5ccccc5sc4c32)cc1. The summed E-state index contributed by atoms with van der Waals surface area (Å²) in [6.45, 7) is 0. The lowest BCUT2D eigenvalue weighted by Gasteiger charge is -2.09. The van der Waals surface area contributed by atoms with E-state index in [1.165, 1.54) is 68.5 Å². The second kappa shape index (κ2) is 9.01. The first kappa shape index (κ1) is 24.7. The molecule has 0 aliphatic rings. The molecule has 46 heavy (non-hydrogen) atoms. The largest absolute Gasteiger partial charge is 0.308 e. The predicted molar refractivity (Wildman–Crippen MR) is 196 cm³/mol. The van der Waals surface area contributed by atoms with Crippen LogP contribution in [0.1, 0.15) is 0 Å². The summed E-state index contributed by atoms with van der Waals surface area (Å²) in [5, 5.41) is 8.77. The zero-order valence-corrected chi connectivity index (χ0v) is 25.9. The lowest BCUT2D eigenvalue weighted by Crippen LogP contribution is -1.98. The Morgan fingerprint density at radius 3 is 1.78 bits per heavy atom. The molecule has 0 aliphatic carbocycles. The maximum Gasteiger partial charge on any atom is 0.159 e. The van der Waals surface area contributed by atoms with Crippen LogP contribution >= 0.6 is 22.7 Å². The lowest BCUT2D eigenvalue weighted by atomic mass is 10.0. The fraction of sp³-hybridized carbons (Fsp3) is 0. The van der Waals surface area contributed by atoms with Gasteiger partial charge in [-0.1, -0.05) is 91.0 Å². The van der Waals surface area contributed by atoms with Crippen LogP contribution in [0.25, 0.3) is 95.6 Å². The molecule has 0 saturated carbocycles. The molecule has 214 valence electrons. The van der Waals surface area contributed by atoms with Crippen molar-refractivity contribution < 1.29 is 0 Å². The van der Waals surface area contributed by atoms with Crippen LogP contribution in [0.2, 0.25) is 0 Å². The highest BCUT2D eigenvalue weighted by Crippen LogP contribution is 2.52. The molecule has 11 rings (SSSR count). The highest BCUT2D eigenvalue weighted by Gasteiger charge is 2.26. The van der Waals surface area contributed by atoms with Crippen molar-refractivity contribution in [2.24, 2.45) is 0 Å². The van der Waals surface area contributed by atoms with Gasteiger partial charge in [-0.05, 0) is 36.4 Å². The molecule has 0 atom stereocenters. The summed E-state index contributed by atoms with van der Waals surface area (Å²) in [5.74, 6) is 0.927. The summed E-state index contributed by atoms with van der Waals surface area (Å²) in [7, 11) is 0. The van der Waals surface area contributed by atoms with Gasteiger partial charge in [0.05, 0.1) is 37.0 Å². The Kier molecular flexibility index (Phi) is 4.84. The fourth-order valence-electron chi connectivity index (χ4n) is 7.61. The second-order valence-electron chi connectivity index (χ2n) is 11.8. The van der Waals surface area contributed by atoms with E-state index in [4.69, 9.17) is 9.97 Å². The molecule has 0 amide bonds. The highest BCUT2D eigenvalue weighted by atomic mass is 32.1. The summed E-state index contributed by atoms with van der Waals surface area (Å²) >= 11 is 3.71. The Morgan fingerprint density at radius 2 is 1.04 bits per heavy atom. The minimum Gasteiger partial charge on any atom is -0.308 e. The third kappa shape index (κ3) is 3.07. The minimum atomic E-state index is 0.927. The zero-order chi connectivity index (χ0) is 29.9. The van der Waals surface area contributed by atoms with Crippen LogP contribution in [-0.2, 0) is 0 Å². The molecule has 0 bridgehead atoms. The standard InChI is InChI=1S/C40H22N4S2/c1-2-12-23(13-3-1)43-30-20-10-6-16-26(30)33-36(43)38-32(27-17-7-11-21-31(27)45-38)34-35-39(46-37(33)34)40(42-22-41-35)44-28-18-8-4-14-24(28)25-15-5-9-19-29(25)44/h1-22H. The van der Waals surface area contributed by atoms with Crippen LogP contribution in [0.3, 0.4) is 0 Å². The number of para-hydroxylation sites is 4. The van der Waals surface area contributed by atoms with E-state index in [-0.39, 0.29) is 0 Å². The average Bonchev–Trinajstić information content (AvgIpc) is 3.86. The number of nitrogens with zero attached hydrogens (tertiary/aromatic N) is 4. The molecule has 11 aromatic rings. The number of rotatable bonds is 2. The van der Waals surface area contributed by atoms with Gasteiger partial charge >= 0.3 is 0 Å². The van der Waals surface area contributed by atoms with Gasteiger partial charge in [0.25, 0.3) is 0 Å². The third-order valence-corrected chi connectivity index (χ3v) is 11.8. The van der Waals surface area contributed by atoms with Crippen molar-refractivity contribution >= 4 is 107 Å². The van der Waals surface area contributed by atoms with Gasteiger partial charge in [-0.2, -0.15) is 0 Å². The van der Waals surface area contributed by atoms with Gasteiger partial charge < -0.3 is 4.57 Å². The maximum atomic E-state index is 5.07. The summed E-state index contributed by atoms with van der Waals surface area (Å²) in [6, 6.07) is 45.7. The van der Waals surface area contributed by atoms with Gasteiger partial charge in [0.2, 0.25) is 0 Å². The van der Waals surface area contributed by atoms with Gasteiger partial charge in [0, 0.05) is 52.8 Å². The van der Waals surface area contributed by atoms with Gasteiger partial charge in [-0.15, -0.1) is 22.7 Å². The van der Waals surface area contributed by atoms with E-state index in [1.807, 2.05) is 22.7 Å². The summed E-state index contributed by atoms with van der Waals surface area (Å²) in [4.78, 5) is 10.1. The van der Waals surface area contributed by atoms with Crippen molar-refractivity contribution in [3.8, 4) is 11.5 Å². The fourth-order valence-corrected chi connectivity index (χ4v) is 10.2. The van der Waals surface area contributed by atoms with E-state index in [2.05, 4.69) is 137 Å². The van der Waals surface area contributed by atoms with E-state index in [0.717, 1.165) is 27.1 Å². The molecular weight excluding hydrogens is 601 g/mol. The average molecular weight is 623 g/mol. The smallest absolute Gasteiger partial charge is 0.159 e. The molecule has 0 saturated heterocycles. The maximum absolute atomic E-state index is 5.07. The molecule has 5 aromatic heterocycles. The molecular formula is C40H22N4S2. The summed E-state index contributed by atoms with van der Waals surface area (Å²) < 4.78 is 9.73. The molecule has 0 N–H and O–H groups in total. The van der Waals surface area contributed by atoms with Crippen molar-refractivity contribution in [1.82, 2.24) is 19.1 Å². The quantitative estimate of drug-likeness (QED) is 0.192. The van der Waals surface area contributed by atoms with Crippen molar-refractivity contribution in [3.05, 3.63) is 134 Å². The number of hydrogen-bond donors (Lipinski definition) is 0. The Labute approximate surface area is 270 Å². The normalized spacial score (nSPS) is 12.3. The first-order chi connectivity index (χ1) is 22.9. The number of aromatic nitrogens is 4. The molecule has 0 aliphatic heterocycles. The topological polar surface area (TPSA) is 35.6 Å². The van der Waals surface area contributed by atoms with Crippen LogP contribution in [0.4, 0.5) is 0 Å². The highest BCUT2D eigenvalue weighted by molar-refractivity contribution is 7.29. The van der Waals surface area contributed by atoms with Crippen molar-refractivity contribution in [2.45, 2.75) is 0 Å². The Balaban J connectivity index is 1.41. The number of benzene rings is 6. The van der Waals surface area contributed by atoms with Gasteiger partial charge in [-0.3, -0.25) is 4.57 Å². The van der Waals surface area contributed by atoms with E-state index < -0.39 is 0 Å². The second-order valence-corrected chi connectivity index (χ2v) is 13.8. The van der Waals surface area contributed by atoms with E-state index in [9.17, 15) is 0 Å². The molecule has 0 spiro atoms. The van der Waals surface area contributed by atoms with E-state index >= 15 is 0 Å². The number of hydrogen-bond acceptors (Lipinski definition) is 4. The summed E-state index contributed by atoms with van der Waals surface area (Å²) in [5.41, 5.74) is 6.95. The molecule has 0 radical (unpaired) electrons. The van der Waals surface area contributed by atoms with E-state index in [1.54, 1.807) is 6.33 Å². The minimum absolute atomic E-state index is 0.927. The van der Waals surface area contributed by atoms with Crippen LogP contribution in [-0.4, -0.2) is 19.1 Å². The van der Waals surface area contributed by atoms with Gasteiger partial charge in [-0.25, -0.2) is 9.97 Å². The molecule has 6 heteroatoms. The molecule has 5 heterocycles. The molecule has 0 fully saturated rings. The summed E-state index contributed by atoms with van der Waals surface area (Å²) in [6.07, 6.45) is 1.76. The first-order valence-electron chi connectivity index (χ1n) is 15.3. The molecule has 6 aromatic carbocycles. The van der Waals surface area contributed by atoms with Crippen molar-refractivity contribution in [3.63, 3.8) is 0 Å². The Hall–Kier alpha value is -5.56. The first-order valence-corrected chi connectivity index (χ1v) is 17.0. The molecule has 4 nitrogen and oxygen atoms in total. The van der Waals surface area contributed by atoms with Gasteiger partial charge in [0.1, 0.15) is 6.33 Å². The zero-order valence-electron chi connectivity index (χ0n) is 24.3. The van der Waals surface area contributed by atoms with Crippen molar-refractivity contribution in [1.29, 1.82) is 0 Å². The third-order valence-electron chi connectivity index (χ3n) is 9.42. The molecule has 0 unspecified atom stereocenters. The van der Waals surface area contributed by atoms with Crippen LogP contribution in [0, 0.1) is 0 Å². The number of thiophene rings is 2. The monoisotopic (exact) mass is 622 g/mol.